The van der Waals surface area contributed by atoms with Crippen LogP contribution in [0.3, 0.4) is 0 Å². The molecule has 46 heavy (non-hydrogen) atoms. The van der Waals surface area contributed by atoms with E-state index in [0.717, 1.165) is 43.2 Å². The number of esters is 1. The van der Waals surface area contributed by atoms with E-state index in [2.05, 4.69) is 19.2 Å². The molecule has 0 heterocycles. The van der Waals surface area contributed by atoms with E-state index in [-0.39, 0.29) is 39.7 Å². The largest absolute Gasteiger partial charge is 0.493 e. The molecule has 0 saturated heterocycles. The Bertz CT molecular complexity index is 1480. The van der Waals surface area contributed by atoms with Crippen molar-refractivity contribution in [3.8, 4) is 23.0 Å². The summed E-state index contributed by atoms with van der Waals surface area (Å²) in [4.78, 5) is 38.5. The van der Waals surface area contributed by atoms with Crippen LogP contribution in [0.25, 0.3) is 0 Å². The van der Waals surface area contributed by atoms with Gasteiger partial charge in [0.2, 0.25) is 0 Å². The average Bonchev–Trinajstić information content (AvgIpc) is 3.32. The lowest BCUT2D eigenvalue weighted by atomic mass is 9.43. The van der Waals surface area contributed by atoms with E-state index in [1.165, 1.54) is 26.4 Å². The molecule has 0 aliphatic heterocycles. The molecular weight excluding hydrogens is 586 g/mol. The first-order valence-corrected chi connectivity index (χ1v) is 16.5. The predicted octanol–water partition coefficient (Wildman–Crippen LogP) is 6.47. The van der Waals surface area contributed by atoms with Gasteiger partial charge in [0.1, 0.15) is 5.78 Å². The number of alkyl carbamates (subject to hydrolysis) is 1. The topological polar surface area (TPSA) is 109 Å². The highest BCUT2D eigenvalue weighted by atomic mass is 16.6. The molecule has 5 aliphatic rings. The molecule has 2 unspecified atom stereocenters. The van der Waals surface area contributed by atoms with Gasteiger partial charge < -0.3 is 29.0 Å². The standard InChI is InChI=1S/C37H47NO8/c1-35-16-25-17-36(2,20-35)22-37(18-25,21-35)38-34(41)45-19-33(40)46-30-11-7-24(15-32(30)44-5)13-27-26(8-9-28(27)39)12-23-6-10-29(42-3)31(14-23)43-4/h6-7,10-11,14-15,25-27H,8-9,12-13,16-22H2,1-5H3,(H,38,41)/t25?,26-,27-,35?,36?,37?/m1/s1. The first-order valence-electron chi connectivity index (χ1n) is 16.5. The Morgan fingerprint density at radius 1 is 0.804 bits per heavy atom. The number of rotatable bonds is 11. The quantitative estimate of drug-likeness (QED) is 0.222. The Morgan fingerprint density at radius 3 is 2.04 bits per heavy atom. The fourth-order valence-corrected chi connectivity index (χ4v) is 10.1. The smallest absolute Gasteiger partial charge is 0.408 e. The average molecular weight is 634 g/mol. The molecular formula is C37H47NO8. The summed E-state index contributed by atoms with van der Waals surface area (Å²) in [7, 11) is 4.74. The van der Waals surface area contributed by atoms with Crippen molar-refractivity contribution < 1.29 is 38.1 Å². The van der Waals surface area contributed by atoms with Crippen LogP contribution in [0.5, 0.6) is 23.0 Å². The Labute approximate surface area is 271 Å². The van der Waals surface area contributed by atoms with E-state index < -0.39 is 18.7 Å². The SMILES string of the molecule is COc1ccc(C[C@H]2CCC(=O)[C@@H]2Cc2ccc(OC(=O)COC(=O)NC34CC5CC(C)(CC(C)(C5)C3)C4)c(OC)c2)cc1OC. The van der Waals surface area contributed by atoms with E-state index in [9.17, 15) is 14.4 Å². The van der Waals surface area contributed by atoms with Crippen molar-refractivity contribution in [1.29, 1.82) is 0 Å². The van der Waals surface area contributed by atoms with Crippen molar-refractivity contribution in [2.45, 2.75) is 83.6 Å². The third kappa shape index (κ3) is 6.69. The van der Waals surface area contributed by atoms with Gasteiger partial charge in [-0.15, -0.1) is 0 Å². The zero-order valence-corrected chi connectivity index (χ0v) is 27.7. The molecule has 2 aromatic rings. The summed E-state index contributed by atoms with van der Waals surface area (Å²) in [5.74, 6) is 2.23. The van der Waals surface area contributed by atoms with Crippen LogP contribution in [-0.4, -0.2) is 51.3 Å². The second-order valence-electron chi connectivity index (χ2n) is 15.0. The summed E-state index contributed by atoms with van der Waals surface area (Å²) in [5.41, 5.74) is 2.26. The Balaban J connectivity index is 1.04. The van der Waals surface area contributed by atoms with E-state index in [0.29, 0.717) is 36.0 Å². The fraction of sp³-hybridized carbons (Fsp3) is 0.595. The molecule has 1 amide bonds. The molecule has 1 N–H and O–H groups in total. The van der Waals surface area contributed by atoms with Gasteiger partial charge in [0.05, 0.1) is 21.3 Å². The maximum atomic E-state index is 12.9. The summed E-state index contributed by atoms with van der Waals surface area (Å²) in [6.07, 6.45) is 8.69. The molecule has 248 valence electrons. The van der Waals surface area contributed by atoms with Crippen molar-refractivity contribution in [2.24, 2.45) is 28.6 Å². The monoisotopic (exact) mass is 633 g/mol. The van der Waals surface area contributed by atoms with E-state index in [1.54, 1.807) is 20.3 Å². The summed E-state index contributed by atoms with van der Waals surface area (Å²) in [6, 6.07) is 11.2. The van der Waals surface area contributed by atoms with Crippen molar-refractivity contribution in [1.82, 2.24) is 5.32 Å². The van der Waals surface area contributed by atoms with Crippen LogP contribution < -0.4 is 24.3 Å². The number of carbonyl (C=O) groups excluding carboxylic acids is 3. The Kier molecular flexibility index (Phi) is 8.72. The van der Waals surface area contributed by atoms with Crippen LogP contribution in [0.15, 0.2) is 36.4 Å². The number of Topliss-reactive ketones (excluding diaryl/α,β-unsaturated/α-hetero) is 1. The van der Waals surface area contributed by atoms with Gasteiger partial charge in [-0.1, -0.05) is 26.0 Å². The summed E-state index contributed by atoms with van der Waals surface area (Å²) >= 11 is 0. The normalized spacial score (nSPS) is 31.0. The van der Waals surface area contributed by atoms with Gasteiger partial charge >= 0.3 is 12.1 Å². The number of amides is 1. The lowest BCUT2D eigenvalue weighted by Crippen LogP contribution is -2.65. The second-order valence-corrected chi connectivity index (χ2v) is 15.0. The third-order valence-corrected chi connectivity index (χ3v) is 10.9. The second kappa shape index (κ2) is 12.5. The van der Waals surface area contributed by atoms with Crippen molar-refractivity contribution in [3.05, 3.63) is 47.5 Å². The van der Waals surface area contributed by atoms with Crippen molar-refractivity contribution in [2.75, 3.05) is 27.9 Å². The minimum atomic E-state index is -0.688. The number of methoxy groups -OCH3 is 3. The molecule has 5 saturated carbocycles. The summed E-state index contributed by atoms with van der Waals surface area (Å²) in [5, 5.41) is 3.16. The van der Waals surface area contributed by atoms with Crippen molar-refractivity contribution in [3.63, 3.8) is 0 Å². The predicted molar refractivity (Wildman–Crippen MR) is 171 cm³/mol. The zero-order chi connectivity index (χ0) is 32.7. The fourth-order valence-electron chi connectivity index (χ4n) is 10.1. The van der Waals surface area contributed by atoms with Gasteiger partial charge in [-0.25, -0.2) is 9.59 Å². The van der Waals surface area contributed by atoms with Gasteiger partial charge in [-0.3, -0.25) is 4.79 Å². The molecule has 5 fully saturated rings. The molecule has 0 radical (unpaired) electrons. The van der Waals surface area contributed by atoms with E-state index in [1.807, 2.05) is 30.3 Å². The van der Waals surface area contributed by atoms with E-state index >= 15 is 0 Å². The molecule has 4 atom stereocenters. The summed E-state index contributed by atoms with van der Waals surface area (Å²) < 4.78 is 27.3. The van der Waals surface area contributed by atoms with Gasteiger partial charge in [0.15, 0.2) is 29.6 Å². The maximum Gasteiger partial charge on any atom is 0.408 e. The first-order chi connectivity index (χ1) is 21.9. The number of carbonyl (C=O) groups is 3. The summed E-state index contributed by atoms with van der Waals surface area (Å²) in [6.45, 7) is 4.19. The maximum absolute atomic E-state index is 12.9. The van der Waals surface area contributed by atoms with Crippen molar-refractivity contribution >= 4 is 17.8 Å². The van der Waals surface area contributed by atoms with E-state index in [4.69, 9.17) is 23.7 Å². The number of nitrogens with one attached hydrogen (secondary N) is 1. The first kappa shape index (κ1) is 32.2. The van der Waals surface area contributed by atoms with Crippen LogP contribution in [0.4, 0.5) is 4.79 Å². The highest BCUT2D eigenvalue weighted by Gasteiger charge is 2.60. The highest BCUT2D eigenvalue weighted by molar-refractivity contribution is 5.84. The number of hydrogen-bond donors (Lipinski definition) is 1. The Morgan fingerprint density at radius 2 is 1.41 bits per heavy atom. The molecule has 0 aromatic heterocycles. The lowest BCUT2D eigenvalue weighted by Gasteiger charge is -2.65. The highest BCUT2D eigenvalue weighted by Crippen LogP contribution is 2.66. The van der Waals surface area contributed by atoms with Crippen LogP contribution in [0.1, 0.15) is 76.3 Å². The molecule has 4 bridgehead atoms. The van der Waals surface area contributed by atoms with Crippen LogP contribution in [0, 0.1) is 28.6 Å². The Hall–Kier alpha value is -3.75. The minimum Gasteiger partial charge on any atom is -0.493 e. The third-order valence-electron chi connectivity index (χ3n) is 10.9. The lowest BCUT2D eigenvalue weighted by molar-refractivity contribution is -0.138. The molecule has 7 rings (SSSR count). The van der Waals surface area contributed by atoms with Gasteiger partial charge in [0, 0.05) is 17.9 Å². The molecule has 2 aromatic carbocycles. The molecule has 0 spiro atoms. The molecule has 5 aliphatic carbocycles. The minimum absolute atomic E-state index is 0.128. The zero-order valence-electron chi connectivity index (χ0n) is 27.7. The van der Waals surface area contributed by atoms with Crippen LogP contribution >= 0.6 is 0 Å². The van der Waals surface area contributed by atoms with Crippen LogP contribution in [0.2, 0.25) is 0 Å². The number of ether oxygens (including phenoxy) is 5. The van der Waals surface area contributed by atoms with Gasteiger partial charge in [0.25, 0.3) is 0 Å². The number of hydrogen-bond acceptors (Lipinski definition) is 8. The molecule has 9 nitrogen and oxygen atoms in total. The number of benzene rings is 2. The van der Waals surface area contributed by atoms with Gasteiger partial charge in [-0.2, -0.15) is 0 Å². The van der Waals surface area contributed by atoms with Crippen LogP contribution in [-0.2, 0) is 27.2 Å². The van der Waals surface area contributed by atoms with Gasteiger partial charge in [-0.05, 0) is 116 Å². The number of ketones is 1. The molecule has 9 heteroatoms.